The second-order valence-electron chi connectivity index (χ2n) is 2.54. The molecule has 4 heteroatoms. The van der Waals surface area contributed by atoms with E-state index >= 15 is 0 Å². The van der Waals surface area contributed by atoms with Gasteiger partial charge in [0.15, 0.2) is 0 Å². The number of carbonyl (C=O) groups excluding carboxylic acids is 1. The number of rotatable bonds is 4. The SMILES string of the molecule is CC(=O)Oc1c[c]cc(OCCCl)c1. The Labute approximate surface area is 87.6 Å². The van der Waals surface area contributed by atoms with Gasteiger partial charge in [0.2, 0.25) is 0 Å². The lowest BCUT2D eigenvalue weighted by atomic mass is 10.3. The number of alkyl halides is 1. The minimum absolute atomic E-state index is 0.368. The highest BCUT2D eigenvalue weighted by Crippen LogP contribution is 2.18. The Hall–Kier alpha value is -1.22. The summed E-state index contributed by atoms with van der Waals surface area (Å²) in [6.07, 6.45) is 0. The number of esters is 1. The molecular weight excluding hydrogens is 204 g/mol. The van der Waals surface area contributed by atoms with E-state index in [0.29, 0.717) is 24.0 Å². The fraction of sp³-hybridized carbons (Fsp3) is 0.300. The number of hydrogen-bond donors (Lipinski definition) is 0. The Morgan fingerprint density at radius 2 is 2.21 bits per heavy atom. The maximum absolute atomic E-state index is 10.6. The minimum atomic E-state index is -0.368. The molecule has 0 aliphatic rings. The first-order chi connectivity index (χ1) is 6.72. The van der Waals surface area contributed by atoms with E-state index in [4.69, 9.17) is 21.1 Å². The highest BCUT2D eigenvalue weighted by molar-refractivity contribution is 6.18. The third-order valence-corrected chi connectivity index (χ3v) is 1.50. The zero-order valence-electron chi connectivity index (χ0n) is 7.75. The molecule has 0 unspecified atom stereocenters. The zero-order chi connectivity index (χ0) is 10.4. The van der Waals surface area contributed by atoms with E-state index in [0.717, 1.165) is 0 Å². The van der Waals surface area contributed by atoms with E-state index in [1.165, 1.54) is 6.92 Å². The van der Waals surface area contributed by atoms with Crippen LogP contribution < -0.4 is 9.47 Å². The number of hydrogen-bond acceptors (Lipinski definition) is 3. The Morgan fingerprint density at radius 1 is 1.50 bits per heavy atom. The van der Waals surface area contributed by atoms with Crippen molar-refractivity contribution in [3.63, 3.8) is 0 Å². The van der Waals surface area contributed by atoms with E-state index in [9.17, 15) is 4.79 Å². The molecule has 3 nitrogen and oxygen atoms in total. The quantitative estimate of drug-likeness (QED) is 0.436. The van der Waals surface area contributed by atoms with Gasteiger partial charge in [-0.15, -0.1) is 11.6 Å². The van der Waals surface area contributed by atoms with Crippen LogP contribution in [0, 0.1) is 6.07 Å². The number of ether oxygens (including phenoxy) is 2. The van der Waals surface area contributed by atoms with Crippen LogP contribution in [-0.2, 0) is 4.79 Å². The van der Waals surface area contributed by atoms with Crippen LogP contribution in [0.3, 0.4) is 0 Å². The van der Waals surface area contributed by atoms with Gasteiger partial charge in [0.25, 0.3) is 0 Å². The van der Waals surface area contributed by atoms with Crippen LogP contribution in [0.5, 0.6) is 11.5 Å². The smallest absolute Gasteiger partial charge is 0.308 e. The normalized spacial score (nSPS) is 9.57. The maximum atomic E-state index is 10.6. The van der Waals surface area contributed by atoms with Crippen molar-refractivity contribution in [2.24, 2.45) is 0 Å². The molecule has 0 amide bonds. The average molecular weight is 214 g/mol. The molecule has 0 atom stereocenters. The summed E-state index contributed by atoms with van der Waals surface area (Å²) in [7, 11) is 0. The number of carbonyl (C=O) groups is 1. The van der Waals surface area contributed by atoms with E-state index in [2.05, 4.69) is 6.07 Å². The van der Waals surface area contributed by atoms with Gasteiger partial charge in [-0.25, -0.2) is 0 Å². The molecule has 1 radical (unpaired) electrons. The van der Waals surface area contributed by atoms with Crippen molar-refractivity contribution in [2.45, 2.75) is 6.92 Å². The Morgan fingerprint density at radius 3 is 2.86 bits per heavy atom. The third-order valence-electron chi connectivity index (χ3n) is 1.34. The van der Waals surface area contributed by atoms with Crippen molar-refractivity contribution < 1.29 is 14.3 Å². The van der Waals surface area contributed by atoms with Gasteiger partial charge in [-0.1, -0.05) is 0 Å². The van der Waals surface area contributed by atoms with Crippen LogP contribution in [0.2, 0.25) is 0 Å². The molecule has 75 valence electrons. The Kier molecular flexibility index (Phi) is 4.26. The first-order valence-electron chi connectivity index (χ1n) is 4.10. The highest BCUT2D eigenvalue weighted by atomic mass is 35.5. The summed E-state index contributed by atoms with van der Waals surface area (Å²) in [5.74, 6) is 1.06. The minimum Gasteiger partial charge on any atom is -0.492 e. The summed E-state index contributed by atoms with van der Waals surface area (Å²) >= 11 is 5.45. The molecule has 0 fully saturated rings. The lowest BCUT2D eigenvalue weighted by Crippen LogP contribution is -2.02. The topological polar surface area (TPSA) is 35.5 Å². The second-order valence-corrected chi connectivity index (χ2v) is 2.91. The first-order valence-corrected chi connectivity index (χ1v) is 4.64. The van der Waals surface area contributed by atoms with Crippen LogP contribution >= 0.6 is 11.6 Å². The van der Waals surface area contributed by atoms with Crippen molar-refractivity contribution in [3.8, 4) is 11.5 Å². The van der Waals surface area contributed by atoms with E-state index in [1.54, 1.807) is 18.2 Å². The molecule has 14 heavy (non-hydrogen) atoms. The summed E-state index contributed by atoms with van der Waals surface area (Å²) in [5, 5.41) is 0. The first kappa shape index (κ1) is 10.9. The van der Waals surface area contributed by atoms with Gasteiger partial charge in [-0.2, -0.15) is 0 Å². The fourth-order valence-corrected chi connectivity index (χ4v) is 0.971. The standard InChI is InChI=1S/C10H10ClO3/c1-8(12)14-10-4-2-3-9(7-10)13-6-5-11/h3-4,7H,5-6H2,1H3. The van der Waals surface area contributed by atoms with Gasteiger partial charge in [0.1, 0.15) is 18.1 Å². The monoisotopic (exact) mass is 213 g/mol. The zero-order valence-corrected chi connectivity index (χ0v) is 8.50. The predicted octanol–water partition coefficient (Wildman–Crippen LogP) is 2.03. The highest BCUT2D eigenvalue weighted by Gasteiger charge is 2.00. The molecule has 0 aliphatic carbocycles. The molecule has 0 aromatic heterocycles. The molecule has 0 N–H and O–H groups in total. The lowest BCUT2D eigenvalue weighted by Gasteiger charge is -2.05. The largest absolute Gasteiger partial charge is 0.492 e. The molecule has 1 aromatic rings. The molecule has 0 saturated heterocycles. The third kappa shape index (κ3) is 3.66. The van der Waals surface area contributed by atoms with Crippen LogP contribution in [-0.4, -0.2) is 18.5 Å². The Balaban J connectivity index is 2.63. The van der Waals surface area contributed by atoms with Crippen LogP contribution in [0.1, 0.15) is 6.92 Å². The molecule has 0 bridgehead atoms. The maximum Gasteiger partial charge on any atom is 0.308 e. The van der Waals surface area contributed by atoms with Crippen molar-refractivity contribution >= 4 is 17.6 Å². The van der Waals surface area contributed by atoms with Gasteiger partial charge in [-0.3, -0.25) is 4.79 Å². The van der Waals surface area contributed by atoms with Crippen molar-refractivity contribution in [1.29, 1.82) is 0 Å². The van der Waals surface area contributed by atoms with Crippen LogP contribution in [0.15, 0.2) is 18.2 Å². The van der Waals surface area contributed by atoms with Gasteiger partial charge in [0, 0.05) is 13.0 Å². The Bertz CT molecular complexity index is 312. The van der Waals surface area contributed by atoms with E-state index in [-0.39, 0.29) is 5.97 Å². The molecule has 0 saturated carbocycles. The molecule has 0 spiro atoms. The molecule has 1 rings (SSSR count). The molecule has 0 aliphatic heterocycles. The summed E-state index contributed by atoms with van der Waals surface area (Å²) in [4.78, 5) is 10.6. The van der Waals surface area contributed by atoms with E-state index in [1.807, 2.05) is 0 Å². The molecular formula is C10H10ClO3. The van der Waals surface area contributed by atoms with Gasteiger partial charge in [-0.05, 0) is 18.2 Å². The summed E-state index contributed by atoms with van der Waals surface area (Å²) < 4.78 is 10.1. The predicted molar refractivity (Wildman–Crippen MR) is 52.8 cm³/mol. The van der Waals surface area contributed by atoms with Gasteiger partial charge in [0.05, 0.1) is 5.88 Å². The fourth-order valence-electron chi connectivity index (χ4n) is 0.894. The van der Waals surface area contributed by atoms with E-state index < -0.39 is 0 Å². The lowest BCUT2D eigenvalue weighted by molar-refractivity contribution is -0.131. The average Bonchev–Trinajstić information content (AvgIpc) is 2.14. The van der Waals surface area contributed by atoms with Gasteiger partial charge < -0.3 is 9.47 Å². The number of halogens is 1. The van der Waals surface area contributed by atoms with Crippen molar-refractivity contribution in [2.75, 3.05) is 12.5 Å². The van der Waals surface area contributed by atoms with Crippen LogP contribution in [0.25, 0.3) is 0 Å². The van der Waals surface area contributed by atoms with Gasteiger partial charge >= 0.3 is 5.97 Å². The van der Waals surface area contributed by atoms with Crippen LogP contribution in [0.4, 0.5) is 0 Å². The summed E-state index contributed by atoms with van der Waals surface area (Å²) in [6, 6.07) is 7.63. The molecule has 0 heterocycles. The summed E-state index contributed by atoms with van der Waals surface area (Å²) in [6.45, 7) is 1.76. The summed E-state index contributed by atoms with van der Waals surface area (Å²) in [5.41, 5.74) is 0. The number of benzene rings is 1. The second kappa shape index (κ2) is 5.50. The molecule has 1 aromatic carbocycles. The van der Waals surface area contributed by atoms with Crippen molar-refractivity contribution in [1.82, 2.24) is 0 Å². The van der Waals surface area contributed by atoms with Crippen molar-refractivity contribution in [3.05, 3.63) is 24.3 Å².